The largest absolute Gasteiger partial charge is 0.313 e. The fourth-order valence-corrected chi connectivity index (χ4v) is 2.46. The Morgan fingerprint density at radius 3 is 2.69 bits per heavy atom. The van der Waals surface area contributed by atoms with E-state index in [1.807, 2.05) is 0 Å². The van der Waals surface area contributed by atoms with E-state index in [2.05, 4.69) is 42.9 Å². The highest BCUT2D eigenvalue weighted by Gasteiger charge is 2.23. The van der Waals surface area contributed by atoms with E-state index < -0.39 is 0 Å². The maximum Gasteiger partial charge on any atom is 0.0218 e. The van der Waals surface area contributed by atoms with Crippen molar-refractivity contribution in [2.45, 2.75) is 45.7 Å². The smallest absolute Gasteiger partial charge is 0.0218 e. The van der Waals surface area contributed by atoms with E-state index >= 15 is 0 Å². The molecule has 0 amide bonds. The summed E-state index contributed by atoms with van der Waals surface area (Å²) in [5.41, 5.74) is 0. The van der Waals surface area contributed by atoms with Crippen LogP contribution in [0.2, 0.25) is 0 Å². The molecule has 0 aliphatic carbocycles. The molecule has 1 N–H and O–H groups in total. The summed E-state index contributed by atoms with van der Waals surface area (Å²) in [6, 6.07) is 1.38. The van der Waals surface area contributed by atoms with Crippen LogP contribution in [0.15, 0.2) is 0 Å². The number of hydrogen-bond acceptors (Lipinski definition) is 3. The number of nitrogens with one attached hydrogen (secondary N) is 1. The Morgan fingerprint density at radius 1 is 1.31 bits per heavy atom. The first-order valence-corrected chi connectivity index (χ1v) is 6.83. The molecule has 0 aromatic carbocycles. The summed E-state index contributed by atoms with van der Waals surface area (Å²) in [6.45, 7) is 12.9. The lowest BCUT2D eigenvalue weighted by Gasteiger charge is -2.40. The van der Waals surface area contributed by atoms with Gasteiger partial charge in [0.25, 0.3) is 0 Å². The Labute approximate surface area is 101 Å². The average Bonchev–Trinajstić information content (AvgIpc) is 2.29. The minimum absolute atomic E-state index is 0.626. The molecule has 1 aliphatic heterocycles. The Morgan fingerprint density at radius 2 is 2.06 bits per heavy atom. The molecule has 0 aromatic heterocycles. The van der Waals surface area contributed by atoms with E-state index in [0.29, 0.717) is 6.04 Å². The van der Waals surface area contributed by atoms with Gasteiger partial charge in [0, 0.05) is 38.3 Å². The summed E-state index contributed by atoms with van der Waals surface area (Å²) in [4.78, 5) is 5.11. The Balaban J connectivity index is 2.27. The number of hydrogen-bond donors (Lipinski definition) is 1. The molecule has 1 fully saturated rings. The van der Waals surface area contributed by atoms with Crippen molar-refractivity contribution in [3.8, 4) is 0 Å². The van der Waals surface area contributed by atoms with Gasteiger partial charge in [-0.15, -0.1) is 0 Å². The predicted molar refractivity (Wildman–Crippen MR) is 70.9 cm³/mol. The van der Waals surface area contributed by atoms with Crippen LogP contribution in [0.25, 0.3) is 0 Å². The lowest BCUT2D eigenvalue weighted by Crippen LogP contribution is -2.53. The molecule has 3 nitrogen and oxygen atoms in total. The summed E-state index contributed by atoms with van der Waals surface area (Å²) >= 11 is 0. The third kappa shape index (κ3) is 4.40. The van der Waals surface area contributed by atoms with Crippen LogP contribution in [0, 0.1) is 0 Å². The highest BCUT2D eigenvalue weighted by molar-refractivity contribution is 4.80. The second kappa shape index (κ2) is 7.25. The maximum atomic E-state index is 3.57. The van der Waals surface area contributed by atoms with Gasteiger partial charge >= 0.3 is 0 Å². The SMILES string of the molecule is CCCNC(C)CN1CCN(C)C(CC)C1. The highest BCUT2D eigenvalue weighted by atomic mass is 15.3. The normalized spacial score (nSPS) is 25.9. The third-order valence-corrected chi connectivity index (χ3v) is 3.61. The van der Waals surface area contributed by atoms with Gasteiger partial charge in [-0.05, 0) is 33.4 Å². The summed E-state index contributed by atoms with van der Waals surface area (Å²) in [6.07, 6.45) is 2.49. The van der Waals surface area contributed by atoms with Crippen LogP contribution in [0.3, 0.4) is 0 Å². The van der Waals surface area contributed by atoms with Crippen LogP contribution in [-0.4, -0.2) is 61.7 Å². The first-order chi connectivity index (χ1) is 7.67. The van der Waals surface area contributed by atoms with Gasteiger partial charge in [0.15, 0.2) is 0 Å². The van der Waals surface area contributed by atoms with Crippen molar-refractivity contribution >= 4 is 0 Å². The van der Waals surface area contributed by atoms with Gasteiger partial charge in [0.05, 0.1) is 0 Å². The summed E-state index contributed by atoms with van der Waals surface area (Å²) < 4.78 is 0. The zero-order valence-corrected chi connectivity index (χ0v) is 11.5. The molecule has 0 radical (unpaired) electrons. The standard InChI is InChI=1S/C13H29N3/c1-5-7-14-12(3)10-16-9-8-15(4)13(6-2)11-16/h12-14H,5-11H2,1-4H3. The Kier molecular flexibility index (Phi) is 6.32. The second-order valence-electron chi connectivity index (χ2n) is 5.16. The van der Waals surface area contributed by atoms with Gasteiger partial charge in [-0.2, -0.15) is 0 Å². The molecule has 0 saturated carbocycles. The number of nitrogens with zero attached hydrogens (tertiary/aromatic N) is 2. The van der Waals surface area contributed by atoms with E-state index in [-0.39, 0.29) is 0 Å². The minimum atomic E-state index is 0.626. The van der Waals surface area contributed by atoms with Crippen LogP contribution in [0.1, 0.15) is 33.6 Å². The van der Waals surface area contributed by atoms with Crippen molar-refractivity contribution < 1.29 is 0 Å². The van der Waals surface area contributed by atoms with Gasteiger partial charge in [0.2, 0.25) is 0 Å². The summed E-state index contributed by atoms with van der Waals surface area (Å²) in [7, 11) is 2.25. The quantitative estimate of drug-likeness (QED) is 0.740. The van der Waals surface area contributed by atoms with E-state index in [4.69, 9.17) is 0 Å². The van der Waals surface area contributed by atoms with Crippen LogP contribution in [-0.2, 0) is 0 Å². The number of likely N-dealkylation sites (N-methyl/N-ethyl adjacent to an activating group) is 1. The monoisotopic (exact) mass is 227 g/mol. The van der Waals surface area contributed by atoms with Crippen molar-refractivity contribution in [1.29, 1.82) is 0 Å². The molecule has 1 heterocycles. The molecule has 0 bridgehead atoms. The van der Waals surface area contributed by atoms with Crippen LogP contribution in [0.4, 0.5) is 0 Å². The molecule has 96 valence electrons. The maximum absolute atomic E-state index is 3.57. The minimum Gasteiger partial charge on any atom is -0.313 e. The van der Waals surface area contributed by atoms with Crippen molar-refractivity contribution in [2.75, 3.05) is 39.8 Å². The van der Waals surface area contributed by atoms with Crippen LogP contribution in [0.5, 0.6) is 0 Å². The Hall–Kier alpha value is -0.120. The van der Waals surface area contributed by atoms with Gasteiger partial charge < -0.3 is 10.2 Å². The molecule has 2 atom stereocenters. The van der Waals surface area contributed by atoms with Crippen molar-refractivity contribution in [2.24, 2.45) is 0 Å². The average molecular weight is 227 g/mol. The van der Waals surface area contributed by atoms with E-state index in [0.717, 1.165) is 12.6 Å². The lowest BCUT2D eigenvalue weighted by atomic mass is 10.1. The summed E-state index contributed by atoms with van der Waals surface area (Å²) in [5, 5.41) is 3.57. The van der Waals surface area contributed by atoms with E-state index in [9.17, 15) is 0 Å². The third-order valence-electron chi connectivity index (χ3n) is 3.61. The first kappa shape index (κ1) is 13.9. The van der Waals surface area contributed by atoms with Gasteiger partial charge in [-0.1, -0.05) is 13.8 Å². The molecule has 0 spiro atoms. The molecular weight excluding hydrogens is 198 g/mol. The fraction of sp³-hybridized carbons (Fsp3) is 1.00. The fourth-order valence-electron chi connectivity index (χ4n) is 2.46. The zero-order valence-electron chi connectivity index (χ0n) is 11.5. The molecule has 2 unspecified atom stereocenters. The zero-order chi connectivity index (χ0) is 12.0. The lowest BCUT2D eigenvalue weighted by molar-refractivity contribution is 0.0874. The highest BCUT2D eigenvalue weighted by Crippen LogP contribution is 2.10. The Bertz CT molecular complexity index is 184. The number of rotatable bonds is 6. The van der Waals surface area contributed by atoms with E-state index in [1.165, 1.54) is 39.0 Å². The van der Waals surface area contributed by atoms with Crippen molar-refractivity contribution in [1.82, 2.24) is 15.1 Å². The van der Waals surface area contributed by atoms with Crippen molar-refractivity contribution in [3.63, 3.8) is 0 Å². The molecule has 1 aliphatic rings. The predicted octanol–water partition coefficient (Wildman–Crippen LogP) is 1.40. The van der Waals surface area contributed by atoms with Crippen molar-refractivity contribution in [3.05, 3.63) is 0 Å². The van der Waals surface area contributed by atoms with E-state index in [1.54, 1.807) is 0 Å². The van der Waals surface area contributed by atoms with Crippen LogP contribution >= 0.6 is 0 Å². The van der Waals surface area contributed by atoms with Crippen LogP contribution < -0.4 is 5.32 Å². The topological polar surface area (TPSA) is 18.5 Å². The molecule has 16 heavy (non-hydrogen) atoms. The molecule has 1 saturated heterocycles. The van der Waals surface area contributed by atoms with Gasteiger partial charge in [-0.25, -0.2) is 0 Å². The van der Waals surface area contributed by atoms with Gasteiger partial charge in [0.1, 0.15) is 0 Å². The molecule has 1 rings (SSSR count). The second-order valence-corrected chi connectivity index (χ2v) is 5.16. The first-order valence-electron chi connectivity index (χ1n) is 6.83. The molecule has 0 aromatic rings. The van der Waals surface area contributed by atoms with Gasteiger partial charge in [-0.3, -0.25) is 4.90 Å². The molecule has 3 heteroatoms. The molecular formula is C13H29N3. The summed E-state index contributed by atoms with van der Waals surface area (Å²) in [5.74, 6) is 0. The number of piperazine rings is 1.